The van der Waals surface area contributed by atoms with Gasteiger partial charge in [-0.15, -0.1) is 0 Å². The fourth-order valence-electron chi connectivity index (χ4n) is 1.95. The summed E-state index contributed by atoms with van der Waals surface area (Å²) < 4.78 is 10.2. The lowest BCUT2D eigenvalue weighted by molar-refractivity contribution is -0.152. The van der Waals surface area contributed by atoms with E-state index in [9.17, 15) is 14.4 Å². The zero-order valence-corrected chi connectivity index (χ0v) is 12.9. The van der Waals surface area contributed by atoms with Crippen molar-refractivity contribution in [3.63, 3.8) is 0 Å². The van der Waals surface area contributed by atoms with Gasteiger partial charge in [0, 0.05) is 11.5 Å². The number of fused-ring (bicyclic) bond motifs is 1. The molecule has 1 aromatic carbocycles. The van der Waals surface area contributed by atoms with Crippen LogP contribution in [0.3, 0.4) is 0 Å². The highest BCUT2D eigenvalue weighted by molar-refractivity contribution is 5.93. The first-order valence-corrected chi connectivity index (χ1v) is 7.15. The van der Waals surface area contributed by atoms with E-state index in [0.717, 1.165) is 11.5 Å². The lowest BCUT2D eigenvalue weighted by Gasteiger charge is -2.15. The first-order chi connectivity index (χ1) is 11.1. The van der Waals surface area contributed by atoms with Crippen molar-refractivity contribution < 1.29 is 23.6 Å². The van der Waals surface area contributed by atoms with E-state index in [1.807, 2.05) is 6.92 Å². The number of carbonyl (C=O) groups excluding carboxylic acids is 2. The summed E-state index contributed by atoms with van der Waals surface area (Å²) in [7, 11) is 1.50. The van der Waals surface area contributed by atoms with Crippen molar-refractivity contribution in [2.45, 2.75) is 19.8 Å². The molecule has 1 aromatic heterocycles. The number of unbranched alkanes of at least 4 members (excludes halogenated alkanes) is 1. The molecule has 1 heterocycles. The van der Waals surface area contributed by atoms with E-state index in [1.54, 1.807) is 18.2 Å². The molecular formula is C16H17NO6. The summed E-state index contributed by atoms with van der Waals surface area (Å²) in [6.07, 6.45) is 1.92. The fourth-order valence-corrected chi connectivity index (χ4v) is 1.95. The molecule has 1 amide bonds. The normalized spacial score (nSPS) is 10.3. The van der Waals surface area contributed by atoms with E-state index < -0.39 is 11.6 Å². The molecule has 0 saturated heterocycles. The van der Waals surface area contributed by atoms with Gasteiger partial charge in [-0.25, -0.2) is 9.59 Å². The van der Waals surface area contributed by atoms with Crippen LogP contribution >= 0.6 is 0 Å². The number of ether oxygens (including phenoxy) is 1. The fraction of sp³-hybridized carbons (Fsp3) is 0.312. The molecule has 122 valence electrons. The standard InChI is InChI=1S/C16H17NO6/c1-3-4-7-17(10-18)23-16(20)13-8-11-5-6-12(21-2)9-14(11)22-15(13)19/h5-6,8-10H,3-4,7H2,1-2H3. The number of nitrogens with zero attached hydrogens (tertiary/aromatic N) is 1. The van der Waals surface area contributed by atoms with Crippen molar-refractivity contribution in [1.82, 2.24) is 5.06 Å². The van der Waals surface area contributed by atoms with Gasteiger partial charge >= 0.3 is 11.6 Å². The average Bonchev–Trinajstić information content (AvgIpc) is 2.57. The second-order valence-electron chi connectivity index (χ2n) is 4.83. The molecule has 7 heteroatoms. The van der Waals surface area contributed by atoms with Crippen LogP contribution in [0.25, 0.3) is 11.0 Å². The van der Waals surface area contributed by atoms with Gasteiger partial charge in [-0.1, -0.05) is 13.3 Å². The van der Waals surface area contributed by atoms with Gasteiger partial charge in [-0.2, -0.15) is 5.06 Å². The van der Waals surface area contributed by atoms with Gasteiger partial charge in [-0.05, 0) is 24.6 Å². The van der Waals surface area contributed by atoms with Gasteiger partial charge in [0.1, 0.15) is 16.9 Å². The number of hydrogen-bond donors (Lipinski definition) is 0. The Kier molecular flexibility index (Phi) is 5.35. The molecule has 0 atom stereocenters. The number of amides is 1. The predicted octanol–water partition coefficient (Wildman–Crippen LogP) is 2.13. The molecule has 2 aromatic rings. The molecule has 0 aliphatic rings. The Morgan fingerprint density at radius 2 is 2.13 bits per heavy atom. The lowest BCUT2D eigenvalue weighted by Crippen LogP contribution is -2.29. The van der Waals surface area contributed by atoms with Gasteiger partial charge in [0.2, 0.25) is 6.41 Å². The Labute approximate surface area is 132 Å². The Bertz CT molecular complexity index is 767. The Morgan fingerprint density at radius 3 is 2.78 bits per heavy atom. The van der Waals surface area contributed by atoms with Crippen LogP contribution in [0, 0.1) is 0 Å². The summed E-state index contributed by atoms with van der Waals surface area (Å²) in [5.74, 6) is -0.401. The van der Waals surface area contributed by atoms with Gasteiger partial charge in [0.15, 0.2) is 0 Å². The molecule has 0 aliphatic carbocycles. The first-order valence-electron chi connectivity index (χ1n) is 7.15. The molecule has 0 spiro atoms. The number of hydrogen-bond acceptors (Lipinski definition) is 6. The van der Waals surface area contributed by atoms with Crippen molar-refractivity contribution in [2.24, 2.45) is 0 Å². The minimum Gasteiger partial charge on any atom is -0.497 e. The summed E-state index contributed by atoms with van der Waals surface area (Å²) >= 11 is 0. The summed E-state index contributed by atoms with van der Waals surface area (Å²) in [5, 5.41) is 1.41. The smallest absolute Gasteiger partial charge is 0.370 e. The van der Waals surface area contributed by atoms with Crippen LogP contribution < -0.4 is 10.4 Å². The number of rotatable bonds is 7. The van der Waals surface area contributed by atoms with Crippen LogP contribution in [0.5, 0.6) is 5.75 Å². The minimum absolute atomic E-state index is 0.266. The number of carbonyl (C=O) groups is 2. The van der Waals surface area contributed by atoms with Crippen molar-refractivity contribution in [3.8, 4) is 5.75 Å². The van der Waals surface area contributed by atoms with Crippen LogP contribution in [0.15, 0.2) is 33.5 Å². The van der Waals surface area contributed by atoms with Gasteiger partial charge in [0.25, 0.3) is 0 Å². The highest BCUT2D eigenvalue weighted by Gasteiger charge is 2.18. The molecule has 0 radical (unpaired) electrons. The van der Waals surface area contributed by atoms with Crippen molar-refractivity contribution >= 4 is 23.3 Å². The van der Waals surface area contributed by atoms with Gasteiger partial charge in [0.05, 0.1) is 13.7 Å². The maximum atomic E-state index is 12.1. The third kappa shape index (κ3) is 3.88. The van der Waals surface area contributed by atoms with Gasteiger partial charge < -0.3 is 14.0 Å². The van der Waals surface area contributed by atoms with E-state index in [2.05, 4.69) is 0 Å². The van der Waals surface area contributed by atoms with E-state index in [0.29, 0.717) is 29.5 Å². The molecule has 0 saturated carbocycles. The minimum atomic E-state index is -0.931. The molecule has 0 N–H and O–H groups in total. The SMILES string of the molecule is CCCCN(C=O)OC(=O)c1cc2ccc(OC)cc2oc1=O. The van der Waals surface area contributed by atoms with Crippen LogP contribution in [-0.4, -0.2) is 31.1 Å². The van der Waals surface area contributed by atoms with Crippen molar-refractivity contribution in [1.29, 1.82) is 0 Å². The number of hydroxylamine groups is 2. The molecule has 0 bridgehead atoms. The third-order valence-corrected chi connectivity index (χ3v) is 3.21. The third-order valence-electron chi connectivity index (χ3n) is 3.21. The molecule has 0 aliphatic heterocycles. The summed E-state index contributed by atoms with van der Waals surface area (Å²) in [6, 6.07) is 6.25. The maximum Gasteiger partial charge on any atom is 0.370 e. The summed E-state index contributed by atoms with van der Waals surface area (Å²) in [6.45, 7) is 2.21. The Morgan fingerprint density at radius 1 is 1.35 bits per heavy atom. The lowest BCUT2D eigenvalue weighted by atomic mass is 10.2. The van der Waals surface area contributed by atoms with E-state index in [1.165, 1.54) is 13.2 Å². The van der Waals surface area contributed by atoms with Crippen molar-refractivity contribution in [3.05, 3.63) is 40.2 Å². The topological polar surface area (TPSA) is 86.1 Å². The molecule has 0 unspecified atom stereocenters. The Balaban J connectivity index is 2.28. The molecular weight excluding hydrogens is 302 g/mol. The largest absolute Gasteiger partial charge is 0.497 e. The van der Waals surface area contributed by atoms with E-state index in [-0.39, 0.29) is 12.1 Å². The first kappa shape index (κ1) is 16.5. The van der Waals surface area contributed by atoms with Crippen LogP contribution in [0.4, 0.5) is 0 Å². The molecule has 23 heavy (non-hydrogen) atoms. The zero-order valence-electron chi connectivity index (χ0n) is 12.9. The quantitative estimate of drug-likeness (QED) is 0.441. The summed E-state index contributed by atoms with van der Waals surface area (Å²) in [5.41, 5.74) is -0.813. The Hall–Kier alpha value is -2.83. The van der Waals surface area contributed by atoms with Crippen LogP contribution in [-0.2, 0) is 9.63 Å². The number of methoxy groups -OCH3 is 1. The number of benzene rings is 1. The van der Waals surface area contributed by atoms with Gasteiger partial charge in [-0.3, -0.25) is 4.79 Å². The van der Waals surface area contributed by atoms with E-state index in [4.69, 9.17) is 14.0 Å². The second-order valence-corrected chi connectivity index (χ2v) is 4.83. The van der Waals surface area contributed by atoms with Crippen LogP contribution in [0.1, 0.15) is 30.1 Å². The summed E-state index contributed by atoms with van der Waals surface area (Å²) in [4.78, 5) is 39.8. The molecule has 7 nitrogen and oxygen atoms in total. The molecule has 2 rings (SSSR count). The maximum absolute atomic E-state index is 12.1. The monoisotopic (exact) mass is 319 g/mol. The van der Waals surface area contributed by atoms with E-state index >= 15 is 0 Å². The van der Waals surface area contributed by atoms with Crippen molar-refractivity contribution in [2.75, 3.05) is 13.7 Å². The van der Waals surface area contributed by atoms with Crippen LogP contribution in [0.2, 0.25) is 0 Å². The highest BCUT2D eigenvalue weighted by atomic mass is 16.7. The average molecular weight is 319 g/mol. The zero-order chi connectivity index (χ0) is 16.8. The second kappa shape index (κ2) is 7.44. The molecule has 0 fully saturated rings. The highest BCUT2D eigenvalue weighted by Crippen LogP contribution is 2.20. The predicted molar refractivity (Wildman–Crippen MR) is 82.1 cm³/mol.